The Morgan fingerprint density at radius 2 is 1.60 bits per heavy atom. The first-order valence-electron chi connectivity index (χ1n) is 3.89. The molecule has 0 amide bonds. The molecule has 0 aromatic rings. The smallest absolute Gasteiger partial charge is 0.0346 e. The lowest BCUT2D eigenvalue weighted by Crippen LogP contribution is -1.78. The van der Waals surface area contributed by atoms with Crippen LogP contribution in [-0.4, -0.2) is 0 Å². The summed E-state index contributed by atoms with van der Waals surface area (Å²) in [6.45, 7) is 10.8. The third-order valence-electron chi connectivity index (χ3n) is 1.71. The van der Waals surface area contributed by atoms with Crippen molar-refractivity contribution in [3.05, 3.63) is 22.8 Å². The molecular formula is C10H18. The van der Waals surface area contributed by atoms with Gasteiger partial charge in [0.25, 0.3) is 0 Å². The minimum Gasteiger partial charge on any atom is -0.0762 e. The molecule has 0 heterocycles. The van der Waals surface area contributed by atoms with E-state index in [4.69, 9.17) is 0 Å². The van der Waals surface area contributed by atoms with Gasteiger partial charge in [0, 0.05) is 0 Å². The Bertz CT molecular complexity index is 155. The van der Waals surface area contributed by atoms with Crippen LogP contribution in [0.5, 0.6) is 0 Å². The van der Waals surface area contributed by atoms with Gasteiger partial charge in [-0.05, 0) is 34.1 Å². The Morgan fingerprint density at radius 3 is 1.90 bits per heavy atom. The molecule has 0 aliphatic carbocycles. The summed E-state index contributed by atoms with van der Waals surface area (Å²) in [6, 6.07) is 0. The largest absolute Gasteiger partial charge is 0.0762 e. The Balaban J connectivity index is 4.33. The van der Waals surface area contributed by atoms with E-state index in [9.17, 15) is 0 Å². The first-order chi connectivity index (χ1) is 4.57. The lowest BCUT2D eigenvalue weighted by atomic mass is 10.1. The fraction of sp³-hybridized carbons (Fsp3) is 0.600. The van der Waals surface area contributed by atoms with Crippen LogP contribution in [0.2, 0.25) is 0 Å². The molecule has 0 rings (SSSR count). The normalized spacial score (nSPS) is 12.5. The molecule has 0 aromatic carbocycles. The predicted molar refractivity (Wildman–Crippen MR) is 48.1 cm³/mol. The average Bonchev–Trinajstić information content (AvgIpc) is 1.85. The van der Waals surface area contributed by atoms with Crippen LogP contribution in [0.3, 0.4) is 0 Å². The molecular weight excluding hydrogens is 120 g/mol. The highest BCUT2D eigenvalue weighted by Gasteiger charge is 1.89. The molecule has 0 saturated heterocycles. The molecule has 0 aliphatic rings. The summed E-state index contributed by atoms with van der Waals surface area (Å²) in [4.78, 5) is 0. The van der Waals surface area contributed by atoms with Gasteiger partial charge in [0.2, 0.25) is 0 Å². The van der Waals surface area contributed by atoms with E-state index in [0.717, 1.165) is 6.42 Å². The summed E-state index contributed by atoms with van der Waals surface area (Å²) in [5.74, 6) is 0. The molecule has 0 bridgehead atoms. The van der Waals surface area contributed by atoms with Crippen molar-refractivity contribution < 1.29 is 0 Å². The number of rotatable bonds is 2. The van der Waals surface area contributed by atoms with Crippen LogP contribution in [0.25, 0.3) is 0 Å². The minimum absolute atomic E-state index is 1.16. The predicted octanol–water partition coefficient (Wildman–Crippen LogP) is 3.70. The Labute approximate surface area is 64.6 Å². The van der Waals surface area contributed by atoms with Crippen molar-refractivity contribution in [2.45, 2.75) is 41.0 Å². The van der Waals surface area contributed by atoms with Crippen molar-refractivity contribution >= 4 is 0 Å². The molecule has 0 atom stereocenters. The lowest BCUT2D eigenvalue weighted by Gasteiger charge is -1.99. The van der Waals surface area contributed by atoms with Gasteiger partial charge < -0.3 is 0 Å². The zero-order valence-electron chi connectivity index (χ0n) is 7.78. The highest BCUT2D eigenvalue weighted by Crippen LogP contribution is 2.09. The van der Waals surface area contributed by atoms with Gasteiger partial charge in [0.15, 0.2) is 0 Å². The van der Waals surface area contributed by atoms with E-state index in [0.29, 0.717) is 0 Å². The van der Waals surface area contributed by atoms with Crippen LogP contribution in [0.4, 0.5) is 0 Å². The quantitative estimate of drug-likeness (QED) is 0.510. The molecule has 0 N–H and O–H groups in total. The highest BCUT2D eigenvalue weighted by molar-refractivity contribution is 5.24. The molecule has 0 radical (unpaired) electrons. The highest BCUT2D eigenvalue weighted by atomic mass is 14.0. The van der Waals surface area contributed by atoms with Crippen molar-refractivity contribution in [3.63, 3.8) is 0 Å². The maximum Gasteiger partial charge on any atom is -0.0346 e. The van der Waals surface area contributed by atoms with Gasteiger partial charge in [0.1, 0.15) is 0 Å². The van der Waals surface area contributed by atoms with Crippen molar-refractivity contribution in [1.29, 1.82) is 0 Å². The van der Waals surface area contributed by atoms with Gasteiger partial charge in [-0.15, -0.1) is 0 Å². The lowest BCUT2D eigenvalue weighted by molar-refractivity contribution is 1.07. The third kappa shape index (κ3) is 3.49. The Hall–Kier alpha value is -0.520. The van der Waals surface area contributed by atoms with Gasteiger partial charge in [0.05, 0.1) is 0 Å². The van der Waals surface area contributed by atoms with Crippen LogP contribution in [-0.2, 0) is 0 Å². The van der Waals surface area contributed by atoms with Crippen LogP contribution >= 0.6 is 0 Å². The van der Waals surface area contributed by atoms with E-state index in [-0.39, 0.29) is 0 Å². The summed E-state index contributed by atoms with van der Waals surface area (Å²) < 4.78 is 0. The fourth-order valence-electron chi connectivity index (χ4n) is 0.835. The third-order valence-corrected chi connectivity index (χ3v) is 1.71. The minimum atomic E-state index is 1.16. The first kappa shape index (κ1) is 9.48. The van der Waals surface area contributed by atoms with E-state index >= 15 is 0 Å². The second-order valence-electron chi connectivity index (χ2n) is 3.04. The van der Waals surface area contributed by atoms with Crippen molar-refractivity contribution in [1.82, 2.24) is 0 Å². The SMILES string of the molecule is CC/C(C)=C(/C)C=C(C)C. The van der Waals surface area contributed by atoms with Gasteiger partial charge in [-0.2, -0.15) is 0 Å². The molecule has 0 aromatic heterocycles. The zero-order chi connectivity index (χ0) is 8.15. The van der Waals surface area contributed by atoms with E-state index in [2.05, 4.69) is 40.7 Å². The van der Waals surface area contributed by atoms with Crippen LogP contribution in [0, 0.1) is 0 Å². The summed E-state index contributed by atoms with van der Waals surface area (Å²) in [7, 11) is 0. The molecule has 0 nitrogen and oxygen atoms in total. The summed E-state index contributed by atoms with van der Waals surface area (Å²) in [6.07, 6.45) is 3.40. The summed E-state index contributed by atoms with van der Waals surface area (Å²) in [5, 5.41) is 0. The van der Waals surface area contributed by atoms with E-state index in [1.807, 2.05) is 0 Å². The number of hydrogen-bond donors (Lipinski definition) is 0. The molecule has 0 fully saturated rings. The van der Waals surface area contributed by atoms with Crippen molar-refractivity contribution in [3.8, 4) is 0 Å². The Morgan fingerprint density at radius 1 is 1.10 bits per heavy atom. The molecule has 0 saturated carbocycles. The van der Waals surface area contributed by atoms with Crippen LogP contribution in [0.15, 0.2) is 22.8 Å². The number of allylic oxidation sites excluding steroid dienone is 4. The van der Waals surface area contributed by atoms with E-state index < -0.39 is 0 Å². The van der Waals surface area contributed by atoms with Gasteiger partial charge >= 0.3 is 0 Å². The summed E-state index contributed by atoms with van der Waals surface area (Å²) in [5.41, 5.74) is 4.29. The second-order valence-corrected chi connectivity index (χ2v) is 3.04. The van der Waals surface area contributed by atoms with Gasteiger partial charge in [-0.3, -0.25) is 0 Å². The second kappa shape index (κ2) is 4.32. The monoisotopic (exact) mass is 138 g/mol. The Kier molecular flexibility index (Phi) is 4.10. The van der Waals surface area contributed by atoms with Crippen LogP contribution < -0.4 is 0 Å². The van der Waals surface area contributed by atoms with E-state index in [1.54, 1.807) is 0 Å². The van der Waals surface area contributed by atoms with Crippen molar-refractivity contribution in [2.75, 3.05) is 0 Å². The number of hydrogen-bond acceptors (Lipinski definition) is 0. The molecule has 10 heavy (non-hydrogen) atoms. The topological polar surface area (TPSA) is 0 Å². The standard InChI is InChI=1S/C10H18/c1-6-9(4)10(5)7-8(2)3/h7H,6H2,1-5H3/b10-9-. The zero-order valence-corrected chi connectivity index (χ0v) is 7.78. The molecule has 58 valence electrons. The fourth-order valence-corrected chi connectivity index (χ4v) is 0.835. The summed E-state index contributed by atoms with van der Waals surface area (Å²) >= 11 is 0. The molecule has 0 spiro atoms. The molecule has 0 heteroatoms. The van der Waals surface area contributed by atoms with E-state index in [1.165, 1.54) is 16.7 Å². The average molecular weight is 138 g/mol. The van der Waals surface area contributed by atoms with Gasteiger partial charge in [-0.1, -0.05) is 29.7 Å². The van der Waals surface area contributed by atoms with Crippen LogP contribution in [0.1, 0.15) is 41.0 Å². The maximum absolute atomic E-state index is 2.23. The maximum atomic E-state index is 2.23. The first-order valence-corrected chi connectivity index (χ1v) is 3.89. The molecule has 0 aliphatic heterocycles. The van der Waals surface area contributed by atoms with Gasteiger partial charge in [-0.25, -0.2) is 0 Å². The molecule has 0 unspecified atom stereocenters. The van der Waals surface area contributed by atoms with Crippen molar-refractivity contribution in [2.24, 2.45) is 0 Å².